The number of pyridine rings is 1. The fourth-order valence-corrected chi connectivity index (χ4v) is 4.45. The molecule has 142 valence electrons. The number of aryl methyl sites for hydroxylation is 1. The fraction of sp³-hybridized carbons (Fsp3) is 0.450. The molecule has 0 N–H and O–H groups in total. The summed E-state index contributed by atoms with van der Waals surface area (Å²) < 4.78 is 7.41. The summed E-state index contributed by atoms with van der Waals surface area (Å²) in [6, 6.07) is 8.03. The standard InChI is InChI=1S/C20H24N4O2S/c1-13-6-8-23(9-7-13)19(25)12-27-20-22-21-18-10-14(2)16-5-4-15(26-3)11-17(16)24(18)20/h4-5,10-11,13H,6-9,12H2,1-3H3. The van der Waals surface area contributed by atoms with E-state index in [9.17, 15) is 4.79 Å². The number of methoxy groups -OCH3 is 1. The van der Waals surface area contributed by atoms with Crippen LogP contribution in [0.2, 0.25) is 0 Å². The minimum Gasteiger partial charge on any atom is -0.497 e. The first-order valence-corrected chi connectivity index (χ1v) is 10.3. The Balaban J connectivity index is 1.62. The summed E-state index contributed by atoms with van der Waals surface area (Å²) in [5.74, 6) is 2.07. The number of likely N-dealkylation sites (tertiary alicyclic amines) is 1. The summed E-state index contributed by atoms with van der Waals surface area (Å²) in [4.78, 5) is 14.6. The number of benzene rings is 1. The van der Waals surface area contributed by atoms with Gasteiger partial charge in [-0.05, 0) is 49.4 Å². The summed E-state index contributed by atoms with van der Waals surface area (Å²) in [6.45, 7) is 6.04. The van der Waals surface area contributed by atoms with Gasteiger partial charge in [0.15, 0.2) is 10.8 Å². The van der Waals surface area contributed by atoms with Crippen LogP contribution in [0.15, 0.2) is 29.4 Å². The second-order valence-corrected chi connectivity index (χ2v) is 8.18. The number of aromatic nitrogens is 3. The van der Waals surface area contributed by atoms with Crippen LogP contribution in [0.5, 0.6) is 5.75 Å². The highest BCUT2D eigenvalue weighted by molar-refractivity contribution is 7.99. The molecule has 4 rings (SSSR count). The summed E-state index contributed by atoms with van der Waals surface area (Å²) in [5, 5.41) is 10.5. The number of piperidine rings is 1. The lowest BCUT2D eigenvalue weighted by Gasteiger charge is -2.30. The average molecular weight is 385 g/mol. The number of carbonyl (C=O) groups excluding carboxylic acids is 1. The van der Waals surface area contributed by atoms with Crippen LogP contribution >= 0.6 is 11.8 Å². The molecule has 1 aromatic carbocycles. The topological polar surface area (TPSA) is 59.7 Å². The Morgan fingerprint density at radius 1 is 1.26 bits per heavy atom. The summed E-state index contributed by atoms with van der Waals surface area (Å²) in [5.41, 5.74) is 2.92. The van der Waals surface area contributed by atoms with Crippen LogP contribution in [-0.2, 0) is 4.79 Å². The van der Waals surface area contributed by atoms with Crippen molar-refractivity contribution in [2.45, 2.75) is 31.8 Å². The van der Waals surface area contributed by atoms with Gasteiger partial charge in [0.25, 0.3) is 0 Å². The van der Waals surface area contributed by atoms with Gasteiger partial charge in [0.2, 0.25) is 5.91 Å². The Hall–Kier alpha value is -2.28. The predicted octanol–water partition coefficient (Wildman–Crippen LogP) is 3.55. The lowest BCUT2D eigenvalue weighted by molar-refractivity contribution is -0.129. The second-order valence-electron chi connectivity index (χ2n) is 7.24. The van der Waals surface area contributed by atoms with Crippen LogP contribution in [0.1, 0.15) is 25.3 Å². The van der Waals surface area contributed by atoms with Gasteiger partial charge >= 0.3 is 0 Å². The van der Waals surface area contributed by atoms with Crippen molar-refractivity contribution in [3.05, 3.63) is 29.8 Å². The smallest absolute Gasteiger partial charge is 0.233 e. The van der Waals surface area contributed by atoms with Gasteiger partial charge in [-0.1, -0.05) is 18.7 Å². The van der Waals surface area contributed by atoms with E-state index in [0.717, 1.165) is 59.0 Å². The van der Waals surface area contributed by atoms with E-state index in [1.165, 1.54) is 11.8 Å². The highest BCUT2D eigenvalue weighted by atomic mass is 32.2. The number of rotatable bonds is 4. The van der Waals surface area contributed by atoms with E-state index in [1.54, 1.807) is 7.11 Å². The van der Waals surface area contributed by atoms with Gasteiger partial charge in [-0.2, -0.15) is 0 Å². The largest absolute Gasteiger partial charge is 0.497 e. The third kappa shape index (κ3) is 3.48. The highest BCUT2D eigenvalue weighted by Crippen LogP contribution is 2.29. The van der Waals surface area contributed by atoms with Crippen LogP contribution in [0.25, 0.3) is 16.6 Å². The van der Waals surface area contributed by atoms with Gasteiger partial charge in [0.05, 0.1) is 18.4 Å². The van der Waals surface area contributed by atoms with E-state index in [-0.39, 0.29) is 5.91 Å². The lowest BCUT2D eigenvalue weighted by atomic mass is 9.99. The first-order chi connectivity index (χ1) is 13.1. The minimum absolute atomic E-state index is 0.178. The number of thioether (sulfide) groups is 1. The van der Waals surface area contributed by atoms with Gasteiger partial charge in [-0.15, -0.1) is 10.2 Å². The highest BCUT2D eigenvalue weighted by Gasteiger charge is 2.21. The number of fused-ring (bicyclic) bond motifs is 3. The molecule has 1 saturated heterocycles. The van der Waals surface area contributed by atoms with Crippen molar-refractivity contribution >= 4 is 34.2 Å². The molecule has 3 heterocycles. The van der Waals surface area contributed by atoms with Gasteiger partial charge in [0.1, 0.15) is 5.75 Å². The molecule has 0 spiro atoms. The molecule has 3 aromatic rings. The molecular weight excluding hydrogens is 360 g/mol. The van der Waals surface area contributed by atoms with E-state index >= 15 is 0 Å². The first kappa shape index (κ1) is 18.1. The Bertz CT molecular complexity index is 992. The maximum Gasteiger partial charge on any atom is 0.233 e. The van der Waals surface area contributed by atoms with Crippen LogP contribution in [0.4, 0.5) is 0 Å². The molecule has 0 radical (unpaired) electrons. The number of amides is 1. The maximum atomic E-state index is 12.6. The van der Waals surface area contributed by atoms with Crippen molar-refractivity contribution in [3.8, 4) is 5.75 Å². The molecule has 0 bridgehead atoms. The van der Waals surface area contributed by atoms with Crippen molar-refractivity contribution in [2.75, 3.05) is 26.0 Å². The van der Waals surface area contributed by atoms with Crippen LogP contribution in [0, 0.1) is 12.8 Å². The Morgan fingerprint density at radius 3 is 2.78 bits per heavy atom. The fourth-order valence-electron chi connectivity index (χ4n) is 3.60. The maximum absolute atomic E-state index is 12.6. The SMILES string of the molecule is COc1ccc2c(C)cc3nnc(SCC(=O)N4CCC(C)CC4)n3c2c1. The number of hydrogen-bond donors (Lipinski definition) is 0. The summed E-state index contributed by atoms with van der Waals surface area (Å²) in [7, 11) is 1.66. The van der Waals surface area contributed by atoms with Gasteiger partial charge in [-0.25, -0.2) is 0 Å². The molecule has 2 aromatic heterocycles. The second kappa shape index (κ2) is 7.38. The minimum atomic E-state index is 0.178. The molecule has 1 amide bonds. The zero-order valence-corrected chi connectivity index (χ0v) is 16.8. The molecule has 0 saturated carbocycles. The predicted molar refractivity (Wildman–Crippen MR) is 107 cm³/mol. The summed E-state index contributed by atoms with van der Waals surface area (Å²) >= 11 is 1.45. The molecule has 0 unspecified atom stereocenters. The normalized spacial score (nSPS) is 15.6. The molecule has 1 fully saturated rings. The number of ether oxygens (including phenoxy) is 1. The zero-order valence-electron chi connectivity index (χ0n) is 15.9. The van der Waals surface area contributed by atoms with Gasteiger partial charge in [-0.3, -0.25) is 9.20 Å². The molecular formula is C20H24N4O2S. The van der Waals surface area contributed by atoms with Crippen molar-refractivity contribution in [1.82, 2.24) is 19.5 Å². The van der Waals surface area contributed by atoms with Crippen molar-refractivity contribution in [3.63, 3.8) is 0 Å². The van der Waals surface area contributed by atoms with Crippen molar-refractivity contribution in [1.29, 1.82) is 0 Å². The Kier molecular flexibility index (Phi) is 4.95. The average Bonchev–Trinajstić information content (AvgIpc) is 3.09. The van der Waals surface area contributed by atoms with Gasteiger partial charge < -0.3 is 9.64 Å². The number of hydrogen-bond acceptors (Lipinski definition) is 5. The van der Waals surface area contributed by atoms with E-state index < -0.39 is 0 Å². The lowest BCUT2D eigenvalue weighted by Crippen LogP contribution is -2.38. The molecule has 6 nitrogen and oxygen atoms in total. The Labute approximate surface area is 162 Å². The molecule has 0 aliphatic carbocycles. The van der Waals surface area contributed by atoms with Crippen molar-refractivity contribution in [2.24, 2.45) is 5.92 Å². The van der Waals surface area contributed by atoms with E-state index in [0.29, 0.717) is 11.7 Å². The third-order valence-electron chi connectivity index (χ3n) is 5.34. The summed E-state index contributed by atoms with van der Waals surface area (Å²) in [6.07, 6.45) is 2.18. The number of carbonyl (C=O) groups is 1. The van der Waals surface area contributed by atoms with Gasteiger partial charge in [0, 0.05) is 24.5 Å². The quantitative estimate of drug-likeness (QED) is 0.644. The molecule has 1 aliphatic rings. The van der Waals surface area contributed by atoms with Crippen LogP contribution in [-0.4, -0.2) is 51.4 Å². The van der Waals surface area contributed by atoms with Crippen molar-refractivity contribution < 1.29 is 9.53 Å². The molecule has 1 aliphatic heterocycles. The molecule has 27 heavy (non-hydrogen) atoms. The third-order valence-corrected chi connectivity index (χ3v) is 6.25. The van der Waals surface area contributed by atoms with Crippen LogP contribution < -0.4 is 4.74 Å². The van der Waals surface area contributed by atoms with E-state index in [2.05, 4.69) is 30.1 Å². The number of nitrogens with zero attached hydrogens (tertiary/aromatic N) is 4. The van der Waals surface area contributed by atoms with E-state index in [4.69, 9.17) is 4.74 Å². The first-order valence-electron chi connectivity index (χ1n) is 9.30. The molecule has 7 heteroatoms. The zero-order chi connectivity index (χ0) is 19.0. The monoisotopic (exact) mass is 384 g/mol. The van der Waals surface area contributed by atoms with E-state index in [1.807, 2.05) is 27.5 Å². The Morgan fingerprint density at radius 2 is 2.04 bits per heavy atom. The van der Waals surface area contributed by atoms with Crippen LogP contribution in [0.3, 0.4) is 0 Å². The molecule has 0 atom stereocenters.